The third-order valence-corrected chi connectivity index (χ3v) is 25.5. The van der Waals surface area contributed by atoms with Crippen LogP contribution in [0.3, 0.4) is 0 Å². The van der Waals surface area contributed by atoms with Gasteiger partial charge in [-0.05, 0) is 92.1 Å². The van der Waals surface area contributed by atoms with Crippen LogP contribution in [0.2, 0.25) is 44.1 Å². The number of carbonyl (C=O) groups excluding carboxylic acids is 1. The molecule has 0 amide bonds. The molecular formula is C41H64Cl2N4O4S2Si2. The van der Waals surface area contributed by atoms with Crippen molar-refractivity contribution in [2.24, 2.45) is 5.92 Å². The molecule has 2 heterocycles. The molecule has 14 heteroatoms. The molecule has 0 aliphatic heterocycles. The van der Waals surface area contributed by atoms with Crippen LogP contribution in [0.1, 0.15) is 128 Å². The van der Waals surface area contributed by atoms with E-state index in [2.05, 4.69) is 95.4 Å². The van der Waals surface area contributed by atoms with E-state index in [1.165, 1.54) is 17.7 Å². The first kappa shape index (κ1) is 46.2. The summed E-state index contributed by atoms with van der Waals surface area (Å²) in [6, 6.07) is 8.60. The summed E-state index contributed by atoms with van der Waals surface area (Å²) in [5.41, 5.74) is 3.17. The van der Waals surface area contributed by atoms with E-state index in [1.807, 2.05) is 39.0 Å². The van der Waals surface area contributed by atoms with Gasteiger partial charge in [-0.25, -0.2) is 18.9 Å². The lowest BCUT2D eigenvalue weighted by Gasteiger charge is -2.45. The smallest absolute Gasteiger partial charge is 0.208 e. The third kappa shape index (κ3) is 10.8. The molecule has 0 spiro atoms. The average Bonchev–Trinajstić information content (AvgIpc) is 3.65. The Kier molecular flexibility index (Phi) is 15.3. The lowest BCUT2D eigenvalue weighted by Crippen LogP contribution is -2.51. The third-order valence-electron chi connectivity index (χ3n) is 11.7. The van der Waals surface area contributed by atoms with E-state index in [-0.39, 0.29) is 28.9 Å². The Bertz CT molecular complexity index is 1790. The summed E-state index contributed by atoms with van der Waals surface area (Å²) in [6.07, 6.45) is 4.69. The fourth-order valence-corrected chi connectivity index (χ4v) is 16.6. The van der Waals surface area contributed by atoms with Crippen LogP contribution in [0.25, 0.3) is 0 Å². The number of nitrogens with one attached hydrogen (secondary N) is 2. The molecule has 3 aromatic rings. The standard InChI is InChI=1S/C41H64Cl2N4O4S2Si2/c1-25(2)55(26(3)4,27(5)6)51-34-20-31(19-29(34)23-50-54(13,14)41(10,11)12)46-39-33(22-44-24-45-39)37(48)35-21-32(38(43)52-35)36(47-53(49)40(7,8)9)28-16-15-17-30(42)18-28/h15-18,21-22,24-27,29,31,34,36,47H,19-20,23H2,1-14H3,(H,44,45,46)/t29-,31-,34+,36-,53?/m1/s1. The predicted octanol–water partition coefficient (Wildman–Crippen LogP) is 12.0. The number of hydrogen-bond donors (Lipinski definition) is 2. The van der Waals surface area contributed by atoms with Gasteiger partial charge in [0.1, 0.15) is 12.1 Å². The van der Waals surface area contributed by atoms with Crippen molar-refractivity contribution in [3.05, 3.63) is 73.8 Å². The topological polar surface area (TPSA) is 102 Å². The largest absolute Gasteiger partial charge is 0.416 e. The Morgan fingerprint density at radius 2 is 1.64 bits per heavy atom. The predicted molar refractivity (Wildman–Crippen MR) is 238 cm³/mol. The molecule has 1 aliphatic rings. The highest BCUT2D eigenvalue weighted by atomic mass is 35.5. The van der Waals surface area contributed by atoms with Crippen LogP contribution in [-0.4, -0.2) is 60.1 Å². The lowest BCUT2D eigenvalue weighted by molar-refractivity contribution is 0.0971. The molecule has 2 aromatic heterocycles. The first-order valence-electron chi connectivity index (χ1n) is 19.5. The van der Waals surface area contributed by atoms with Crippen LogP contribution >= 0.6 is 34.5 Å². The van der Waals surface area contributed by atoms with Gasteiger partial charge in [-0.3, -0.25) is 4.79 Å². The maximum atomic E-state index is 14.3. The quantitative estimate of drug-likeness (QED) is 0.109. The van der Waals surface area contributed by atoms with Crippen LogP contribution in [0.5, 0.6) is 0 Å². The van der Waals surface area contributed by atoms with Crippen molar-refractivity contribution in [3.8, 4) is 0 Å². The first-order valence-corrected chi connectivity index (χ1v) is 27.3. The molecule has 0 radical (unpaired) electrons. The molecule has 4 rings (SSSR count). The fourth-order valence-electron chi connectivity index (χ4n) is 7.64. The summed E-state index contributed by atoms with van der Waals surface area (Å²) in [5.74, 6) is 0.445. The van der Waals surface area contributed by atoms with Crippen molar-refractivity contribution >= 4 is 73.8 Å². The number of anilines is 1. The van der Waals surface area contributed by atoms with Gasteiger partial charge in [-0.1, -0.05) is 97.6 Å². The first-order chi connectivity index (χ1) is 25.4. The van der Waals surface area contributed by atoms with Crippen molar-refractivity contribution in [2.75, 3.05) is 11.9 Å². The highest BCUT2D eigenvalue weighted by Crippen LogP contribution is 2.47. The zero-order valence-corrected chi connectivity index (χ0v) is 40.4. The van der Waals surface area contributed by atoms with Gasteiger partial charge in [0.05, 0.1) is 42.7 Å². The van der Waals surface area contributed by atoms with Gasteiger partial charge in [0.2, 0.25) is 14.1 Å². The minimum atomic E-state index is -2.20. The molecular weight excluding hydrogens is 804 g/mol. The van der Waals surface area contributed by atoms with E-state index in [1.54, 1.807) is 18.3 Å². The van der Waals surface area contributed by atoms with E-state index in [0.29, 0.717) is 54.4 Å². The number of aromatic nitrogens is 2. The normalized spacial score (nSPS) is 19.7. The number of thiophene rings is 1. The van der Waals surface area contributed by atoms with Gasteiger partial charge in [-0.2, -0.15) is 0 Å². The summed E-state index contributed by atoms with van der Waals surface area (Å²) in [6.45, 7) is 31.8. The summed E-state index contributed by atoms with van der Waals surface area (Å²) in [5, 5.41) is 4.31. The number of nitrogens with zero attached hydrogens (tertiary/aromatic N) is 2. The molecule has 1 aliphatic carbocycles. The second-order valence-electron chi connectivity index (χ2n) is 18.6. The Balaban J connectivity index is 1.66. The van der Waals surface area contributed by atoms with E-state index >= 15 is 0 Å². The van der Waals surface area contributed by atoms with Crippen molar-refractivity contribution in [1.82, 2.24) is 14.7 Å². The number of hydrogen-bond acceptors (Lipinski definition) is 8. The number of rotatable bonds is 16. The number of carbonyl (C=O) groups is 1. The summed E-state index contributed by atoms with van der Waals surface area (Å²) in [4.78, 5) is 23.7. The van der Waals surface area contributed by atoms with Gasteiger partial charge in [0.15, 0.2) is 8.32 Å². The maximum absolute atomic E-state index is 14.3. The van der Waals surface area contributed by atoms with Crippen LogP contribution in [0.15, 0.2) is 42.9 Å². The zero-order chi connectivity index (χ0) is 41.3. The van der Waals surface area contributed by atoms with Gasteiger partial charge in [-0.15, -0.1) is 11.3 Å². The number of halogens is 2. The molecule has 55 heavy (non-hydrogen) atoms. The van der Waals surface area contributed by atoms with Crippen LogP contribution in [0.4, 0.5) is 5.82 Å². The molecule has 1 unspecified atom stereocenters. The Hall–Kier alpha value is -1.49. The Labute approximate surface area is 349 Å². The van der Waals surface area contributed by atoms with Crippen LogP contribution in [-0.2, 0) is 19.8 Å². The van der Waals surface area contributed by atoms with Crippen molar-refractivity contribution in [1.29, 1.82) is 0 Å². The Morgan fingerprint density at radius 1 is 1.00 bits per heavy atom. The molecule has 8 nitrogen and oxygen atoms in total. The van der Waals surface area contributed by atoms with Crippen molar-refractivity contribution < 1.29 is 17.9 Å². The monoisotopic (exact) mass is 866 g/mol. The molecule has 0 saturated heterocycles. The van der Waals surface area contributed by atoms with Crippen molar-refractivity contribution in [3.63, 3.8) is 0 Å². The van der Waals surface area contributed by atoms with Gasteiger partial charge >= 0.3 is 0 Å². The minimum Gasteiger partial charge on any atom is -0.416 e. The van der Waals surface area contributed by atoms with Crippen molar-refractivity contribution in [2.45, 2.75) is 154 Å². The molecule has 0 bridgehead atoms. The van der Waals surface area contributed by atoms with Gasteiger partial charge in [0.25, 0.3) is 0 Å². The minimum absolute atomic E-state index is 0.0175. The average molecular weight is 868 g/mol. The maximum Gasteiger partial charge on any atom is 0.208 e. The second-order valence-corrected chi connectivity index (χ2v) is 32.9. The lowest BCUT2D eigenvalue weighted by atomic mass is 10.0. The van der Waals surface area contributed by atoms with Gasteiger partial charge < -0.3 is 14.2 Å². The number of ketones is 1. The number of benzene rings is 1. The summed E-state index contributed by atoms with van der Waals surface area (Å²) < 4.78 is 30.8. The van der Waals surface area contributed by atoms with E-state index in [9.17, 15) is 9.00 Å². The molecule has 5 atom stereocenters. The fraction of sp³-hybridized carbons (Fsp3) is 0.634. The zero-order valence-electron chi connectivity index (χ0n) is 35.3. The highest BCUT2D eigenvalue weighted by molar-refractivity contribution is 7.84. The highest BCUT2D eigenvalue weighted by Gasteiger charge is 2.50. The van der Waals surface area contributed by atoms with E-state index < -0.39 is 38.4 Å². The summed E-state index contributed by atoms with van der Waals surface area (Å²) >= 11 is 14.5. The summed E-state index contributed by atoms with van der Waals surface area (Å²) in [7, 11) is -5.64. The van der Waals surface area contributed by atoms with Gasteiger partial charge in [0, 0.05) is 35.3 Å². The molecule has 1 saturated carbocycles. The van der Waals surface area contributed by atoms with E-state index in [0.717, 1.165) is 18.4 Å². The SMILES string of the molecule is CC(C)[Si](O[C@H]1C[C@H](Nc2ncncc2C(=O)c2cc([C@H](NS(=O)C(C)(C)C)c3cccc(Cl)c3)c(Cl)s2)C[C@@H]1CO[Si](C)(C)C(C)(C)C)(C(C)C)C(C)C. The molecule has 306 valence electrons. The second kappa shape index (κ2) is 18.2. The molecule has 1 fully saturated rings. The van der Waals surface area contributed by atoms with E-state index in [4.69, 9.17) is 32.1 Å². The van der Waals surface area contributed by atoms with Crippen LogP contribution < -0.4 is 10.0 Å². The molecule has 2 N–H and O–H groups in total. The molecule has 1 aromatic carbocycles. The van der Waals surface area contributed by atoms with Crippen LogP contribution in [0, 0.1) is 5.92 Å². The Morgan fingerprint density at radius 3 is 2.20 bits per heavy atom.